The second kappa shape index (κ2) is 6.48. The van der Waals surface area contributed by atoms with E-state index in [9.17, 15) is 18.4 Å². The number of carbonyl (C=O) groups excluding carboxylic acids is 1. The van der Waals surface area contributed by atoms with Crippen LogP contribution in [0.25, 0.3) is 0 Å². The quantitative estimate of drug-likeness (QED) is 0.844. The van der Waals surface area contributed by atoms with E-state index in [2.05, 4.69) is 4.74 Å². The summed E-state index contributed by atoms with van der Waals surface area (Å²) < 4.78 is 31.9. The molecule has 2 atom stereocenters. The number of piperidine rings is 1. The van der Waals surface area contributed by atoms with Gasteiger partial charge in [-0.15, -0.1) is 0 Å². The predicted octanol–water partition coefficient (Wildman–Crippen LogP) is 3.22. The normalized spacial score (nSPS) is 21.5. The summed E-state index contributed by atoms with van der Waals surface area (Å²) >= 11 is 5.44. The number of benzene rings is 1. The van der Waals surface area contributed by atoms with Gasteiger partial charge in [0.15, 0.2) is 0 Å². The van der Waals surface area contributed by atoms with Gasteiger partial charge in [-0.1, -0.05) is 11.6 Å². The summed E-state index contributed by atoms with van der Waals surface area (Å²) in [5, 5.41) is 8.49. The van der Waals surface area contributed by atoms with Crippen LogP contribution in [0.15, 0.2) is 12.1 Å². The van der Waals surface area contributed by atoms with E-state index in [1.807, 2.05) is 0 Å². The molecule has 2 rings (SSSR count). The fourth-order valence-corrected chi connectivity index (χ4v) is 2.72. The summed E-state index contributed by atoms with van der Waals surface area (Å²) in [6, 6.07) is 1.23. The molecule has 2 unspecified atom stereocenters. The van der Waals surface area contributed by atoms with Crippen molar-refractivity contribution in [2.24, 2.45) is 5.92 Å². The van der Waals surface area contributed by atoms with Gasteiger partial charge in [0.1, 0.15) is 16.7 Å². The molecule has 0 bridgehead atoms. The molecule has 0 saturated carbocycles. The van der Waals surface area contributed by atoms with E-state index in [0.29, 0.717) is 0 Å². The van der Waals surface area contributed by atoms with E-state index >= 15 is 0 Å². The lowest BCUT2D eigenvalue weighted by molar-refractivity contribution is -0.144. The second-order valence-corrected chi connectivity index (χ2v) is 5.42. The Bertz CT molecular complexity index is 588. The van der Waals surface area contributed by atoms with Crippen LogP contribution in [0.5, 0.6) is 0 Å². The zero-order chi connectivity index (χ0) is 16.4. The van der Waals surface area contributed by atoms with Crippen LogP contribution in [0.2, 0.25) is 5.02 Å². The van der Waals surface area contributed by atoms with Gasteiger partial charge < -0.3 is 14.7 Å². The molecule has 1 aliphatic rings. The van der Waals surface area contributed by atoms with Crippen LogP contribution in [0.3, 0.4) is 0 Å². The van der Waals surface area contributed by atoms with Crippen molar-refractivity contribution in [2.75, 3.05) is 13.7 Å². The lowest BCUT2D eigenvalue weighted by atomic mass is 9.87. The fraction of sp³-hybridized carbons (Fsp3) is 0.429. The highest BCUT2D eigenvalue weighted by Gasteiger charge is 2.36. The lowest BCUT2D eigenvalue weighted by Crippen LogP contribution is -2.42. The third-order valence-corrected chi connectivity index (χ3v) is 4.11. The molecule has 22 heavy (non-hydrogen) atoms. The number of carbonyl (C=O) groups is 2. The predicted molar refractivity (Wildman–Crippen MR) is 73.6 cm³/mol. The Hall–Kier alpha value is -1.89. The van der Waals surface area contributed by atoms with Crippen LogP contribution < -0.4 is 0 Å². The molecule has 1 heterocycles. The first-order valence-corrected chi connectivity index (χ1v) is 6.94. The number of carboxylic acid groups (broad SMARTS) is 1. The molecule has 1 N–H and O–H groups in total. The Morgan fingerprint density at radius 2 is 1.95 bits per heavy atom. The van der Waals surface area contributed by atoms with Crippen LogP contribution in [-0.2, 0) is 9.53 Å². The Labute approximate surface area is 130 Å². The van der Waals surface area contributed by atoms with Crippen molar-refractivity contribution >= 4 is 23.7 Å². The molecule has 0 radical (unpaired) electrons. The Morgan fingerprint density at radius 1 is 1.36 bits per heavy atom. The highest BCUT2D eigenvalue weighted by Crippen LogP contribution is 2.36. The molecule has 1 fully saturated rings. The summed E-state index contributed by atoms with van der Waals surface area (Å²) in [7, 11) is 1.19. The largest absolute Gasteiger partial charge is 0.481 e. The van der Waals surface area contributed by atoms with Gasteiger partial charge in [0.25, 0.3) is 0 Å². The minimum atomic E-state index is -1.01. The maximum atomic E-state index is 13.6. The number of halogens is 3. The Kier molecular flexibility index (Phi) is 4.85. The SMILES string of the molecule is COC(=O)N1CCC(C(=O)O)CC1c1cc(F)c(Cl)c(F)c1. The molecule has 1 aliphatic heterocycles. The Morgan fingerprint density at radius 3 is 2.45 bits per heavy atom. The molecular formula is C14H14ClF2NO4. The van der Waals surface area contributed by atoms with Gasteiger partial charge in [-0.05, 0) is 30.5 Å². The minimum absolute atomic E-state index is 0.0466. The average Bonchev–Trinajstić information content (AvgIpc) is 2.50. The fourth-order valence-electron chi connectivity index (χ4n) is 2.61. The highest BCUT2D eigenvalue weighted by molar-refractivity contribution is 6.30. The first kappa shape index (κ1) is 16.5. The van der Waals surface area contributed by atoms with Gasteiger partial charge in [0.05, 0.1) is 19.1 Å². The molecular weight excluding hydrogens is 320 g/mol. The molecule has 8 heteroatoms. The lowest BCUT2D eigenvalue weighted by Gasteiger charge is -2.37. The number of rotatable bonds is 2. The summed E-state index contributed by atoms with van der Waals surface area (Å²) in [5.41, 5.74) is 0.149. The third-order valence-electron chi connectivity index (χ3n) is 3.75. The van der Waals surface area contributed by atoms with E-state index in [1.54, 1.807) is 0 Å². The number of amides is 1. The summed E-state index contributed by atoms with van der Waals surface area (Å²) in [6.07, 6.45) is -0.380. The van der Waals surface area contributed by atoms with Gasteiger partial charge in [0.2, 0.25) is 0 Å². The number of nitrogens with zero attached hydrogens (tertiary/aromatic N) is 1. The zero-order valence-corrected chi connectivity index (χ0v) is 12.4. The maximum Gasteiger partial charge on any atom is 0.409 e. The van der Waals surface area contributed by atoms with Crippen molar-refractivity contribution in [1.82, 2.24) is 4.90 Å². The van der Waals surface area contributed by atoms with Crippen molar-refractivity contribution < 1.29 is 28.2 Å². The number of carboxylic acids is 1. The van der Waals surface area contributed by atoms with Crippen LogP contribution in [-0.4, -0.2) is 35.7 Å². The molecule has 1 aromatic rings. The summed E-state index contributed by atoms with van der Waals surface area (Å²) in [5.74, 6) is -3.63. The molecule has 0 aromatic heterocycles. The average molecular weight is 334 g/mol. The molecule has 1 amide bonds. The van der Waals surface area contributed by atoms with Gasteiger partial charge in [-0.25, -0.2) is 13.6 Å². The number of methoxy groups -OCH3 is 1. The number of ether oxygens (including phenoxy) is 1. The van der Waals surface area contributed by atoms with Crippen LogP contribution in [0, 0.1) is 17.6 Å². The van der Waals surface area contributed by atoms with Crippen LogP contribution in [0.4, 0.5) is 13.6 Å². The molecule has 0 aliphatic carbocycles. The van der Waals surface area contributed by atoms with Crippen molar-refractivity contribution in [3.8, 4) is 0 Å². The number of hydrogen-bond donors (Lipinski definition) is 1. The molecule has 1 aromatic carbocycles. The van der Waals surface area contributed by atoms with Crippen molar-refractivity contribution in [1.29, 1.82) is 0 Å². The Balaban J connectivity index is 2.40. The van der Waals surface area contributed by atoms with Gasteiger partial charge in [-0.3, -0.25) is 4.79 Å². The van der Waals surface area contributed by atoms with Gasteiger partial charge in [0, 0.05) is 6.54 Å². The summed E-state index contributed by atoms with van der Waals surface area (Å²) in [4.78, 5) is 24.2. The van der Waals surface area contributed by atoms with E-state index in [-0.39, 0.29) is 24.9 Å². The van der Waals surface area contributed by atoms with Crippen molar-refractivity contribution in [2.45, 2.75) is 18.9 Å². The van der Waals surface area contributed by atoms with Crippen LogP contribution in [0.1, 0.15) is 24.4 Å². The third kappa shape index (κ3) is 3.14. The number of aliphatic carboxylic acids is 1. The van der Waals surface area contributed by atoms with E-state index in [0.717, 1.165) is 12.1 Å². The van der Waals surface area contributed by atoms with Gasteiger partial charge >= 0.3 is 12.1 Å². The summed E-state index contributed by atoms with van der Waals surface area (Å²) in [6.45, 7) is 0.125. The molecule has 120 valence electrons. The van der Waals surface area contributed by atoms with Crippen LogP contribution >= 0.6 is 11.6 Å². The molecule has 0 spiro atoms. The first-order chi connectivity index (χ1) is 10.3. The van der Waals surface area contributed by atoms with E-state index < -0.39 is 40.7 Å². The van der Waals surface area contributed by atoms with Crippen molar-refractivity contribution in [3.63, 3.8) is 0 Å². The van der Waals surface area contributed by atoms with E-state index in [4.69, 9.17) is 16.7 Å². The number of hydrogen-bond acceptors (Lipinski definition) is 3. The maximum absolute atomic E-state index is 13.6. The monoisotopic (exact) mass is 333 g/mol. The molecule has 5 nitrogen and oxygen atoms in total. The number of likely N-dealkylation sites (tertiary alicyclic amines) is 1. The minimum Gasteiger partial charge on any atom is -0.481 e. The topological polar surface area (TPSA) is 66.8 Å². The molecule has 1 saturated heterocycles. The second-order valence-electron chi connectivity index (χ2n) is 5.04. The highest BCUT2D eigenvalue weighted by atomic mass is 35.5. The standard InChI is InChI=1S/C14H14ClF2NO4/c1-22-14(21)18-3-2-7(13(19)20)6-11(18)8-4-9(16)12(15)10(17)5-8/h4-5,7,11H,2-3,6H2,1H3,(H,19,20). The van der Waals surface area contributed by atoms with E-state index in [1.165, 1.54) is 12.0 Å². The van der Waals surface area contributed by atoms with Gasteiger partial charge in [-0.2, -0.15) is 0 Å². The smallest absolute Gasteiger partial charge is 0.409 e. The zero-order valence-electron chi connectivity index (χ0n) is 11.7. The van der Waals surface area contributed by atoms with Crippen molar-refractivity contribution in [3.05, 3.63) is 34.4 Å². The first-order valence-electron chi connectivity index (χ1n) is 6.57.